The number of aryl methyl sites for hydroxylation is 1. The molecule has 33 heavy (non-hydrogen) atoms. The standard InChI is InChI=1S/C24H22ClFN2O4S/c1-16-2-9-20(10-3-16)33(30,31)28-15-23(32-22-11-6-18(25)14-21(22)28)24(29)27-13-12-17-4-7-19(26)8-5-17/h2-11,14,23H,12-13,15H2,1H3,(H,27,29)/t23-/m0/s1. The van der Waals surface area contributed by atoms with E-state index in [1.54, 1.807) is 36.4 Å². The van der Waals surface area contributed by atoms with Crippen molar-refractivity contribution in [2.75, 3.05) is 17.4 Å². The van der Waals surface area contributed by atoms with E-state index in [0.29, 0.717) is 18.0 Å². The van der Waals surface area contributed by atoms with Crippen molar-refractivity contribution in [3.05, 3.63) is 88.7 Å². The number of hydrogen-bond acceptors (Lipinski definition) is 4. The summed E-state index contributed by atoms with van der Waals surface area (Å²) in [6, 6.07) is 17.1. The average molecular weight is 489 g/mol. The van der Waals surface area contributed by atoms with Crippen molar-refractivity contribution in [2.45, 2.75) is 24.3 Å². The van der Waals surface area contributed by atoms with E-state index in [4.69, 9.17) is 16.3 Å². The van der Waals surface area contributed by atoms with Gasteiger partial charge in [-0.1, -0.05) is 41.4 Å². The molecule has 1 aliphatic rings. The molecule has 0 saturated heterocycles. The molecule has 6 nitrogen and oxygen atoms in total. The van der Waals surface area contributed by atoms with Crippen molar-refractivity contribution in [3.63, 3.8) is 0 Å². The second kappa shape index (κ2) is 9.41. The van der Waals surface area contributed by atoms with Gasteiger partial charge in [0.2, 0.25) is 0 Å². The largest absolute Gasteiger partial charge is 0.476 e. The molecule has 0 aromatic heterocycles. The fourth-order valence-corrected chi connectivity index (χ4v) is 5.16. The summed E-state index contributed by atoms with van der Waals surface area (Å²) < 4.78 is 46.9. The zero-order valence-electron chi connectivity index (χ0n) is 17.8. The minimum Gasteiger partial charge on any atom is -0.476 e. The number of ether oxygens (including phenoxy) is 1. The quantitative estimate of drug-likeness (QED) is 0.566. The van der Waals surface area contributed by atoms with Crippen LogP contribution in [0.3, 0.4) is 0 Å². The highest BCUT2D eigenvalue weighted by Crippen LogP contribution is 2.38. The van der Waals surface area contributed by atoms with Gasteiger partial charge in [0.1, 0.15) is 11.6 Å². The lowest BCUT2D eigenvalue weighted by atomic mass is 10.1. The van der Waals surface area contributed by atoms with Crippen molar-refractivity contribution in [3.8, 4) is 5.75 Å². The van der Waals surface area contributed by atoms with Gasteiger partial charge in [0.15, 0.2) is 6.10 Å². The molecule has 4 rings (SSSR count). The van der Waals surface area contributed by atoms with Gasteiger partial charge >= 0.3 is 0 Å². The Labute approximate surface area is 197 Å². The minimum atomic E-state index is -3.96. The van der Waals surface area contributed by atoms with E-state index in [-0.39, 0.29) is 28.7 Å². The summed E-state index contributed by atoms with van der Waals surface area (Å²) >= 11 is 6.11. The van der Waals surface area contributed by atoms with Crippen LogP contribution >= 0.6 is 11.6 Å². The van der Waals surface area contributed by atoms with E-state index in [1.165, 1.54) is 30.3 Å². The highest BCUT2D eigenvalue weighted by Gasteiger charge is 2.37. The summed E-state index contributed by atoms with van der Waals surface area (Å²) in [6.07, 6.45) is -0.553. The maximum atomic E-state index is 13.4. The highest BCUT2D eigenvalue weighted by atomic mass is 35.5. The third-order valence-corrected chi connectivity index (χ3v) is 7.35. The van der Waals surface area contributed by atoms with Crippen LogP contribution in [0.15, 0.2) is 71.6 Å². The monoisotopic (exact) mass is 488 g/mol. The first-order valence-corrected chi connectivity index (χ1v) is 12.1. The molecule has 0 aliphatic carbocycles. The van der Waals surface area contributed by atoms with Gasteiger partial charge in [0.05, 0.1) is 17.1 Å². The Balaban J connectivity index is 1.55. The normalized spacial score (nSPS) is 15.5. The van der Waals surface area contributed by atoms with Crippen LogP contribution in [-0.4, -0.2) is 33.5 Å². The fourth-order valence-electron chi connectivity index (χ4n) is 3.52. The predicted octanol–water partition coefficient (Wildman–Crippen LogP) is 4.10. The van der Waals surface area contributed by atoms with Gasteiger partial charge in [-0.15, -0.1) is 0 Å². The van der Waals surface area contributed by atoms with Crippen LogP contribution < -0.4 is 14.4 Å². The third-order valence-electron chi connectivity index (χ3n) is 5.32. The van der Waals surface area contributed by atoms with Crippen LogP contribution in [0, 0.1) is 12.7 Å². The number of nitrogens with zero attached hydrogens (tertiary/aromatic N) is 1. The number of hydrogen-bond donors (Lipinski definition) is 1. The number of carbonyl (C=O) groups is 1. The topological polar surface area (TPSA) is 75.7 Å². The maximum Gasteiger partial charge on any atom is 0.264 e. The summed E-state index contributed by atoms with van der Waals surface area (Å²) in [5.74, 6) is -0.520. The van der Waals surface area contributed by atoms with Crippen molar-refractivity contribution >= 4 is 33.2 Å². The number of amides is 1. The molecule has 0 radical (unpaired) electrons. The van der Waals surface area contributed by atoms with E-state index >= 15 is 0 Å². The molecule has 0 saturated carbocycles. The summed E-state index contributed by atoms with van der Waals surface area (Å²) in [5, 5.41) is 3.12. The summed E-state index contributed by atoms with van der Waals surface area (Å²) in [5.41, 5.74) is 2.07. The van der Waals surface area contributed by atoms with Crippen LogP contribution in [0.5, 0.6) is 5.75 Å². The van der Waals surface area contributed by atoms with Gasteiger partial charge in [0.25, 0.3) is 15.9 Å². The third kappa shape index (κ3) is 5.12. The predicted molar refractivity (Wildman–Crippen MR) is 125 cm³/mol. The lowest BCUT2D eigenvalue weighted by Gasteiger charge is -2.35. The molecular formula is C24H22ClFN2O4S. The first kappa shape index (κ1) is 23.1. The van der Waals surface area contributed by atoms with Crippen molar-refractivity contribution < 1.29 is 22.3 Å². The van der Waals surface area contributed by atoms with Crippen LogP contribution in [0.25, 0.3) is 0 Å². The Morgan fingerprint density at radius 1 is 1.12 bits per heavy atom. The Hall–Kier alpha value is -3.10. The van der Waals surface area contributed by atoms with Crippen molar-refractivity contribution in [1.29, 1.82) is 0 Å². The molecule has 0 spiro atoms. The Morgan fingerprint density at radius 3 is 2.52 bits per heavy atom. The molecule has 0 fully saturated rings. The zero-order chi connectivity index (χ0) is 23.6. The summed E-state index contributed by atoms with van der Waals surface area (Å²) in [6.45, 7) is 1.96. The molecule has 9 heteroatoms. The number of fused-ring (bicyclic) bond motifs is 1. The van der Waals surface area contributed by atoms with E-state index < -0.39 is 22.0 Å². The minimum absolute atomic E-state index is 0.108. The second-order valence-corrected chi connectivity index (χ2v) is 10.0. The molecule has 172 valence electrons. The first-order chi connectivity index (χ1) is 15.7. The molecule has 1 atom stereocenters. The molecular weight excluding hydrogens is 467 g/mol. The van der Waals surface area contributed by atoms with E-state index in [2.05, 4.69) is 5.32 Å². The lowest BCUT2D eigenvalue weighted by molar-refractivity contribution is -0.127. The van der Waals surface area contributed by atoms with Gasteiger partial charge < -0.3 is 10.1 Å². The van der Waals surface area contributed by atoms with Gasteiger partial charge in [-0.05, 0) is 61.4 Å². The van der Waals surface area contributed by atoms with Gasteiger partial charge in [-0.25, -0.2) is 12.8 Å². The summed E-state index contributed by atoms with van der Waals surface area (Å²) in [7, 11) is -3.96. The number of nitrogens with one attached hydrogen (secondary N) is 1. The molecule has 0 bridgehead atoms. The number of carbonyl (C=O) groups excluding carboxylic acids is 1. The van der Waals surface area contributed by atoms with Crippen LogP contribution in [0.4, 0.5) is 10.1 Å². The fraction of sp³-hybridized carbons (Fsp3) is 0.208. The Kier molecular flexibility index (Phi) is 6.58. The van der Waals surface area contributed by atoms with Crippen molar-refractivity contribution in [1.82, 2.24) is 5.32 Å². The van der Waals surface area contributed by atoms with Gasteiger partial charge in [0, 0.05) is 11.6 Å². The lowest BCUT2D eigenvalue weighted by Crippen LogP contribution is -2.51. The molecule has 3 aromatic carbocycles. The Morgan fingerprint density at radius 2 is 1.82 bits per heavy atom. The van der Waals surface area contributed by atoms with Crippen LogP contribution in [0.2, 0.25) is 5.02 Å². The summed E-state index contributed by atoms with van der Waals surface area (Å²) in [4.78, 5) is 12.9. The van der Waals surface area contributed by atoms with E-state index in [0.717, 1.165) is 15.4 Å². The average Bonchev–Trinajstić information content (AvgIpc) is 2.80. The Bertz CT molecular complexity index is 1260. The van der Waals surface area contributed by atoms with Gasteiger partial charge in [-0.2, -0.15) is 0 Å². The number of halogens is 2. The number of sulfonamides is 1. The maximum absolute atomic E-state index is 13.4. The van der Waals surface area contributed by atoms with Crippen LogP contribution in [0.1, 0.15) is 11.1 Å². The van der Waals surface area contributed by atoms with Crippen LogP contribution in [-0.2, 0) is 21.2 Å². The van der Waals surface area contributed by atoms with Gasteiger partial charge in [-0.3, -0.25) is 9.10 Å². The molecule has 1 heterocycles. The number of rotatable bonds is 6. The molecule has 1 aliphatic heterocycles. The second-order valence-electron chi connectivity index (χ2n) is 7.74. The molecule has 3 aromatic rings. The molecule has 0 unspecified atom stereocenters. The number of benzene rings is 3. The number of anilines is 1. The molecule has 1 N–H and O–H groups in total. The van der Waals surface area contributed by atoms with Crippen molar-refractivity contribution in [2.24, 2.45) is 0 Å². The highest BCUT2D eigenvalue weighted by molar-refractivity contribution is 7.92. The molecule has 1 amide bonds. The van der Waals surface area contributed by atoms with E-state index in [9.17, 15) is 17.6 Å². The zero-order valence-corrected chi connectivity index (χ0v) is 19.4. The SMILES string of the molecule is Cc1ccc(S(=O)(=O)N2C[C@@H](C(=O)NCCc3ccc(F)cc3)Oc3ccc(Cl)cc32)cc1. The first-order valence-electron chi connectivity index (χ1n) is 10.3. The van der Waals surface area contributed by atoms with E-state index in [1.807, 2.05) is 6.92 Å². The smallest absolute Gasteiger partial charge is 0.264 e.